The van der Waals surface area contributed by atoms with Crippen molar-refractivity contribution in [2.45, 2.75) is 32.1 Å². The molecule has 1 atom stereocenters. The molecule has 0 aliphatic carbocycles. The number of ether oxygens (including phenoxy) is 1. The maximum Gasteiger partial charge on any atom is 0.283 e. The van der Waals surface area contributed by atoms with Crippen molar-refractivity contribution in [3.63, 3.8) is 0 Å². The minimum Gasteiger partial charge on any atom is -0.378 e. The molecule has 0 radical (unpaired) electrons. The van der Waals surface area contributed by atoms with Gasteiger partial charge in [-0.1, -0.05) is 31.5 Å². The lowest BCUT2D eigenvalue weighted by molar-refractivity contribution is 0.0661. The minimum atomic E-state index is -3.68. The second-order valence-electron chi connectivity index (χ2n) is 5.65. The molecule has 1 aliphatic rings. The largest absolute Gasteiger partial charge is 0.378 e. The zero-order valence-electron chi connectivity index (χ0n) is 13.4. The second kappa shape index (κ2) is 7.24. The van der Waals surface area contributed by atoms with Gasteiger partial charge in [-0.3, -0.25) is 0 Å². The van der Waals surface area contributed by atoms with Crippen LogP contribution in [-0.2, 0) is 14.8 Å². The van der Waals surface area contributed by atoms with Crippen LogP contribution >= 0.6 is 0 Å². The van der Waals surface area contributed by atoms with Gasteiger partial charge in [0.2, 0.25) is 0 Å². The van der Waals surface area contributed by atoms with E-state index in [1.165, 1.54) is 0 Å². The Balaban J connectivity index is 2.36. The molecule has 1 aliphatic heterocycles. The molecule has 0 N–H and O–H groups in total. The number of hydrogen-bond donors (Lipinski definition) is 0. The number of aryl methyl sites for hydroxylation is 1. The van der Waals surface area contributed by atoms with Crippen LogP contribution in [0.3, 0.4) is 0 Å². The first-order chi connectivity index (χ1) is 10.4. The normalized spacial score (nSPS) is 18.3. The third kappa shape index (κ3) is 4.08. The van der Waals surface area contributed by atoms with Crippen LogP contribution in [-0.4, -0.2) is 45.5 Å². The highest BCUT2D eigenvalue weighted by Crippen LogP contribution is 2.18. The van der Waals surface area contributed by atoms with E-state index in [0.29, 0.717) is 32.1 Å². The van der Waals surface area contributed by atoms with Gasteiger partial charge in [-0.25, -0.2) is 0 Å². The third-order valence-corrected chi connectivity index (χ3v) is 5.22. The first-order valence-corrected chi connectivity index (χ1v) is 9.12. The van der Waals surface area contributed by atoms with Crippen LogP contribution < -0.4 is 0 Å². The maximum absolute atomic E-state index is 12.6. The third-order valence-electron chi connectivity index (χ3n) is 3.92. The fourth-order valence-corrected chi connectivity index (χ4v) is 3.45. The van der Waals surface area contributed by atoms with E-state index in [1.54, 1.807) is 24.3 Å². The van der Waals surface area contributed by atoms with Gasteiger partial charge in [0.1, 0.15) is 5.84 Å². The van der Waals surface area contributed by atoms with Crippen molar-refractivity contribution in [1.82, 2.24) is 4.90 Å². The lowest BCUT2D eigenvalue weighted by Crippen LogP contribution is -2.43. The summed E-state index contributed by atoms with van der Waals surface area (Å²) < 4.78 is 34.7. The van der Waals surface area contributed by atoms with Crippen LogP contribution in [0.5, 0.6) is 0 Å². The quantitative estimate of drug-likeness (QED) is 0.630. The van der Waals surface area contributed by atoms with Gasteiger partial charge >= 0.3 is 0 Å². The Bertz CT molecular complexity index is 617. The Morgan fingerprint density at radius 2 is 1.86 bits per heavy atom. The van der Waals surface area contributed by atoms with E-state index in [1.807, 2.05) is 25.7 Å². The number of sulfonamides is 1. The average Bonchev–Trinajstić information content (AvgIpc) is 2.53. The van der Waals surface area contributed by atoms with Gasteiger partial charge in [0.15, 0.2) is 0 Å². The summed E-state index contributed by atoms with van der Waals surface area (Å²) in [5.41, 5.74) is 1.03. The maximum atomic E-state index is 12.6. The summed E-state index contributed by atoms with van der Waals surface area (Å²) in [4.78, 5) is 2.27. The van der Waals surface area contributed by atoms with Gasteiger partial charge in [-0.15, -0.1) is 4.40 Å². The summed E-state index contributed by atoms with van der Waals surface area (Å²) in [6.07, 6.45) is 0.847. The van der Waals surface area contributed by atoms with E-state index in [4.69, 9.17) is 4.74 Å². The topological polar surface area (TPSA) is 59.0 Å². The van der Waals surface area contributed by atoms with E-state index < -0.39 is 10.0 Å². The summed E-state index contributed by atoms with van der Waals surface area (Å²) in [7, 11) is -3.68. The minimum absolute atomic E-state index is 0.0957. The summed E-state index contributed by atoms with van der Waals surface area (Å²) in [6.45, 7) is 8.58. The van der Waals surface area contributed by atoms with Crippen LogP contribution in [0.4, 0.5) is 0 Å². The molecule has 0 spiro atoms. The Labute approximate surface area is 133 Å². The van der Waals surface area contributed by atoms with Crippen molar-refractivity contribution in [1.29, 1.82) is 0 Å². The molecule has 1 aromatic carbocycles. The summed E-state index contributed by atoms with van der Waals surface area (Å²) in [5.74, 6) is 0.740. The molecule has 0 saturated carbocycles. The molecule has 5 nitrogen and oxygen atoms in total. The Morgan fingerprint density at radius 1 is 1.27 bits per heavy atom. The van der Waals surface area contributed by atoms with Gasteiger partial charge in [0.25, 0.3) is 10.0 Å². The Morgan fingerprint density at radius 3 is 2.41 bits per heavy atom. The predicted octanol–water partition coefficient (Wildman–Crippen LogP) is 2.46. The molecule has 1 aromatic rings. The lowest BCUT2D eigenvalue weighted by atomic mass is 10.1. The van der Waals surface area contributed by atoms with Crippen molar-refractivity contribution in [2.75, 3.05) is 26.3 Å². The van der Waals surface area contributed by atoms with Gasteiger partial charge in [0.05, 0.1) is 18.1 Å². The number of hydrogen-bond acceptors (Lipinski definition) is 3. The first-order valence-electron chi connectivity index (χ1n) is 7.68. The molecule has 1 fully saturated rings. The number of nitrogens with zero attached hydrogens (tertiary/aromatic N) is 2. The molecule has 1 heterocycles. The fourth-order valence-electron chi connectivity index (χ4n) is 2.32. The van der Waals surface area contributed by atoms with E-state index >= 15 is 0 Å². The highest BCUT2D eigenvalue weighted by Gasteiger charge is 2.23. The lowest BCUT2D eigenvalue weighted by Gasteiger charge is -2.32. The Kier molecular flexibility index (Phi) is 5.58. The zero-order chi connectivity index (χ0) is 16.2. The van der Waals surface area contributed by atoms with Crippen molar-refractivity contribution in [3.05, 3.63) is 29.8 Å². The van der Waals surface area contributed by atoms with E-state index in [0.717, 1.165) is 12.0 Å². The van der Waals surface area contributed by atoms with Crippen molar-refractivity contribution < 1.29 is 13.2 Å². The van der Waals surface area contributed by atoms with Crippen molar-refractivity contribution >= 4 is 15.9 Å². The van der Waals surface area contributed by atoms with Gasteiger partial charge in [-0.2, -0.15) is 8.42 Å². The Hall–Kier alpha value is -1.40. The van der Waals surface area contributed by atoms with Crippen molar-refractivity contribution in [3.8, 4) is 0 Å². The van der Waals surface area contributed by atoms with Crippen LogP contribution in [0.15, 0.2) is 33.6 Å². The number of morpholine rings is 1. The number of benzene rings is 1. The fraction of sp³-hybridized carbons (Fsp3) is 0.562. The number of rotatable bonds is 4. The SMILES string of the molecule is CCC(C)C(=NS(=O)(=O)c1ccc(C)cc1)N1CCOCC1. The molecule has 22 heavy (non-hydrogen) atoms. The van der Waals surface area contributed by atoms with Crippen molar-refractivity contribution in [2.24, 2.45) is 10.3 Å². The monoisotopic (exact) mass is 324 g/mol. The second-order valence-corrected chi connectivity index (χ2v) is 7.25. The van der Waals surface area contributed by atoms with Gasteiger partial charge in [0, 0.05) is 19.0 Å². The van der Waals surface area contributed by atoms with E-state index in [9.17, 15) is 8.42 Å². The molecule has 1 saturated heterocycles. The average molecular weight is 324 g/mol. The van der Waals surface area contributed by atoms with Gasteiger partial charge < -0.3 is 9.64 Å². The molecular formula is C16H24N2O3S. The summed E-state index contributed by atoms with van der Waals surface area (Å²) >= 11 is 0. The molecule has 0 bridgehead atoms. The molecule has 2 rings (SSSR count). The van der Waals surface area contributed by atoms with E-state index in [2.05, 4.69) is 4.40 Å². The van der Waals surface area contributed by atoms with Crippen LogP contribution in [0.1, 0.15) is 25.8 Å². The molecular weight excluding hydrogens is 300 g/mol. The van der Waals surface area contributed by atoms with E-state index in [-0.39, 0.29) is 10.8 Å². The number of amidine groups is 1. The highest BCUT2D eigenvalue weighted by molar-refractivity contribution is 7.90. The molecule has 0 aromatic heterocycles. The summed E-state index contributed by atoms with van der Waals surface area (Å²) in [6, 6.07) is 6.81. The molecule has 0 amide bonds. The van der Waals surface area contributed by atoms with Crippen LogP contribution in [0.2, 0.25) is 0 Å². The van der Waals surface area contributed by atoms with Crippen LogP contribution in [0.25, 0.3) is 0 Å². The highest BCUT2D eigenvalue weighted by atomic mass is 32.2. The van der Waals surface area contributed by atoms with Gasteiger partial charge in [-0.05, 0) is 25.5 Å². The molecule has 122 valence electrons. The summed E-state index contributed by atoms with van der Waals surface area (Å²) in [5, 5.41) is 0. The zero-order valence-corrected chi connectivity index (χ0v) is 14.3. The predicted molar refractivity (Wildman–Crippen MR) is 87.6 cm³/mol. The smallest absolute Gasteiger partial charge is 0.283 e. The standard InChI is InChI=1S/C16H24N2O3S/c1-4-14(3)16(18-9-11-21-12-10-18)17-22(19,20)15-7-5-13(2)6-8-15/h5-8,14H,4,9-12H2,1-3H3. The molecule has 6 heteroatoms. The molecule has 1 unspecified atom stereocenters. The van der Waals surface area contributed by atoms with Crippen LogP contribution in [0, 0.1) is 12.8 Å². The first kappa shape index (κ1) is 17.0.